The van der Waals surface area contributed by atoms with Crippen LogP contribution in [0.3, 0.4) is 0 Å². The molecule has 0 spiro atoms. The minimum Gasteiger partial charge on any atom is -0.363 e. The third-order valence-corrected chi connectivity index (χ3v) is 4.60. The van der Waals surface area contributed by atoms with Crippen molar-refractivity contribution in [1.82, 2.24) is 14.8 Å². The van der Waals surface area contributed by atoms with E-state index in [4.69, 9.17) is 12.2 Å². The van der Waals surface area contributed by atoms with Gasteiger partial charge < -0.3 is 14.8 Å². The molecule has 116 valence electrons. The Morgan fingerprint density at radius 3 is 2.77 bits per heavy atom. The Morgan fingerprint density at radius 1 is 1.18 bits per heavy atom. The second-order valence-electron chi connectivity index (χ2n) is 5.72. The van der Waals surface area contributed by atoms with E-state index in [1.807, 2.05) is 0 Å². The first kappa shape index (κ1) is 15.1. The van der Waals surface area contributed by atoms with E-state index in [0.29, 0.717) is 0 Å². The lowest BCUT2D eigenvalue weighted by Gasteiger charge is -2.39. The molecule has 1 aromatic heterocycles. The van der Waals surface area contributed by atoms with Crippen LogP contribution < -0.4 is 5.32 Å². The average Bonchev–Trinajstić information content (AvgIpc) is 3.03. The van der Waals surface area contributed by atoms with E-state index >= 15 is 0 Å². The lowest BCUT2D eigenvalue weighted by Crippen LogP contribution is -2.47. The molecule has 3 nitrogen and oxygen atoms in total. The van der Waals surface area contributed by atoms with E-state index in [2.05, 4.69) is 70.4 Å². The minimum atomic E-state index is 0.201. The van der Waals surface area contributed by atoms with Gasteiger partial charge in [0, 0.05) is 31.5 Å². The fourth-order valence-electron chi connectivity index (χ4n) is 3.06. The molecule has 1 N–H and O–H groups in total. The normalized spacial score (nSPS) is 17.1. The number of nitrogens with one attached hydrogen (secondary N) is 1. The number of benzene rings is 1. The van der Waals surface area contributed by atoms with Gasteiger partial charge in [-0.05, 0) is 36.3 Å². The van der Waals surface area contributed by atoms with Crippen LogP contribution in [0, 0.1) is 0 Å². The molecule has 2 heterocycles. The zero-order valence-electron chi connectivity index (χ0n) is 13.0. The molecule has 0 bridgehead atoms. The summed E-state index contributed by atoms with van der Waals surface area (Å²) in [7, 11) is 0. The predicted octanol–water partition coefficient (Wildman–Crippen LogP) is 3.57. The SMILES string of the molecule is CCCCNC(=S)N1CCn2cccc2[C@@H]1c1ccccc1. The molecule has 0 saturated heterocycles. The monoisotopic (exact) mass is 313 g/mol. The van der Waals surface area contributed by atoms with Crippen molar-refractivity contribution in [3.05, 3.63) is 59.9 Å². The topological polar surface area (TPSA) is 20.2 Å². The average molecular weight is 313 g/mol. The smallest absolute Gasteiger partial charge is 0.169 e. The number of thiocarbonyl (C=S) groups is 1. The highest BCUT2D eigenvalue weighted by Gasteiger charge is 2.30. The summed E-state index contributed by atoms with van der Waals surface area (Å²) in [4.78, 5) is 2.33. The Bertz CT molecular complexity index is 620. The predicted molar refractivity (Wildman–Crippen MR) is 94.9 cm³/mol. The van der Waals surface area contributed by atoms with Crippen LogP contribution in [0.1, 0.15) is 37.1 Å². The molecule has 0 unspecified atom stereocenters. The van der Waals surface area contributed by atoms with Crippen molar-refractivity contribution in [1.29, 1.82) is 0 Å². The minimum absolute atomic E-state index is 0.201. The van der Waals surface area contributed by atoms with Gasteiger partial charge in [0.25, 0.3) is 0 Å². The van der Waals surface area contributed by atoms with Crippen molar-refractivity contribution in [3.63, 3.8) is 0 Å². The van der Waals surface area contributed by atoms with Gasteiger partial charge in [-0.1, -0.05) is 43.7 Å². The number of hydrogen-bond acceptors (Lipinski definition) is 1. The summed E-state index contributed by atoms with van der Waals surface area (Å²) in [6.45, 7) is 5.08. The van der Waals surface area contributed by atoms with Crippen LogP contribution in [0.25, 0.3) is 0 Å². The number of unbranched alkanes of at least 4 members (excludes halogenated alkanes) is 1. The fraction of sp³-hybridized carbons (Fsp3) is 0.389. The van der Waals surface area contributed by atoms with E-state index in [1.54, 1.807) is 0 Å². The second-order valence-corrected chi connectivity index (χ2v) is 6.11. The summed E-state index contributed by atoms with van der Waals surface area (Å²) in [5, 5.41) is 4.29. The first-order chi connectivity index (χ1) is 10.8. The first-order valence-electron chi connectivity index (χ1n) is 8.05. The Balaban J connectivity index is 1.87. The van der Waals surface area contributed by atoms with E-state index in [1.165, 1.54) is 17.7 Å². The molecule has 1 atom stereocenters. The summed E-state index contributed by atoms with van der Waals surface area (Å²) < 4.78 is 2.34. The zero-order chi connectivity index (χ0) is 15.4. The van der Waals surface area contributed by atoms with Crippen molar-refractivity contribution in [3.8, 4) is 0 Å². The quantitative estimate of drug-likeness (QED) is 0.688. The Labute approximate surface area is 137 Å². The fourth-order valence-corrected chi connectivity index (χ4v) is 3.36. The van der Waals surface area contributed by atoms with E-state index in [9.17, 15) is 0 Å². The van der Waals surface area contributed by atoms with Crippen LogP contribution >= 0.6 is 12.2 Å². The van der Waals surface area contributed by atoms with Crippen molar-refractivity contribution in [2.45, 2.75) is 32.4 Å². The molecule has 0 fully saturated rings. The van der Waals surface area contributed by atoms with Gasteiger partial charge in [0.1, 0.15) is 0 Å². The third kappa shape index (κ3) is 3.02. The highest BCUT2D eigenvalue weighted by molar-refractivity contribution is 7.80. The third-order valence-electron chi connectivity index (χ3n) is 4.22. The van der Waals surface area contributed by atoms with Crippen molar-refractivity contribution in [2.24, 2.45) is 0 Å². The maximum Gasteiger partial charge on any atom is 0.169 e. The van der Waals surface area contributed by atoms with Crippen LogP contribution in [0.5, 0.6) is 0 Å². The molecule has 4 heteroatoms. The van der Waals surface area contributed by atoms with Gasteiger partial charge in [-0.2, -0.15) is 0 Å². The molecule has 22 heavy (non-hydrogen) atoms. The summed E-state index contributed by atoms with van der Waals surface area (Å²) in [5.41, 5.74) is 2.61. The number of rotatable bonds is 4. The van der Waals surface area contributed by atoms with E-state index in [0.717, 1.165) is 31.2 Å². The number of nitrogens with zero attached hydrogens (tertiary/aromatic N) is 2. The molecule has 3 rings (SSSR count). The maximum absolute atomic E-state index is 5.67. The standard InChI is InChI=1S/C18H23N3S/c1-2-3-11-19-18(22)21-14-13-20-12-7-10-16(20)17(21)15-8-5-4-6-9-15/h4-10,12,17H,2-3,11,13-14H2,1H3,(H,19,22)/t17-/m0/s1. The molecule has 0 aliphatic carbocycles. The Kier molecular flexibility index (Phi) is 4.78. The van der Waals surface area contributed by atoms with E-state index in [-0.39, 0.29) is 6.04 Å². The maximum atomic E-state index is 5.67. The van der Waals surface area contributed by atoms with Crippen LogP contribution in [0.2, 0.25) is 0 Å². The van der Waals surface area contributed by atoms with Gasteiger partial charge in [0.15, 0.2) is 5.11 Å². The zero-order valence-corrected chi connectivity index (χ0v) is 13.9. The number of aromatic nitrogens is 1. The molecular formula is C18H23N3S. The van der Waals surface area contributed by atoms with Gasteiger partial charge in [0.2, 0.25) is 0 Å². The summed E-state index contributed by atoms with van der Waals surface area (Å²) in [6, 6.07) is 15.2. The highest BCUT2D eigenvalue weighted by Crippen LogP contribution is 2.32. The Hall–Kier alpha value is -1.81. The van der Waals surface area contributed by atoms with Gasteiger partial charge in [-0.15, -0.1) is 0 Å². The lowest BCUT2D eigenvalue weighted by molar-refractivity contribution is 0.286. The molecule has 1 aliphatic rings. The van der Waals surface area contributed by atoms with Gasteiger partial charge >= 0.3 is 0 Å². The first-order valence-corrected chi connectivity index (χ1v) is 8.46. The summed E-state index contributed by atoms with van der Waals surface area (Å²) >= 11 is 5.67. The lowest BCUT2D eigenvalue weighted by atomic mass is 10.0. The van der Waals surface area contributed by atoms with Crippen LogP contribution in [0.15, 0.2) is 48.7 Å². The van der Waals surface area contributed by atoms with Crippen molar-refractivity contribution in [2.75, 3.05) is 13.1 Å². The van der Waals surface area contributed by atoms with Gasteiger partial charge in [0.05, 0.1) is 6.04 Å². The summed E-state index contributed by atoms with van der Waals surface area (Å²) in [5.74, 6) is 0. The van der Waals surface area contributed by atoms with Crippen LogP contribution in [-0.2, 0) is 6.54 Å². The molecule has 1 aliphatic heterocycles. The Morgan fingerprint density at radius 2 is 2.00 bits per heavy atom. The largest absolute Gasteiger partial charge is 0.363 e. The van der Waals surface area contributed by atoms with Crippen LogP contribution in [-0.4, -0.2) is 27.7 Å². The molecule has 0 amide bonds. The van der Waals surface area contributed by atoms with Gasteiger partial charge in [-0.3, -0.25) is 0 Å². The second kappa shape index (κ2) is 6.97. The van der Waals surface area contributed by atoms with Crippen LogP contribution in [0.4, 0.5) is 0 Å². The molecular weight excluding hydrogens is 290 g/mol. The summed E-state index contributed by atoms with van der Waals surface area (Å²) in [6.07, 6.45) is 4.50. The van der Waals surface area contributed by atoms with Gasteiger partial charge in [-0.25, -0.2) is 0 Å². The van der Waals surface area contributed by atoms with Crippen molar-refractivity contribution < 1.29 is 0 Å². The highest BCUT2D eigenvalue weighted by atomic mass is 32.1. The number of hydrogen-bond donors (Lipinski definition) is 1. The molecule has 1 aromatic carbocycles. The molecule has 0 saturated carbocycles. The number of fused-ring (bicyclic) bond motifs is 1. The molecule has 2 aromatic rings. The van der Waals surface area contributed by atoms with Crippen molar-refractivity contribution >= 4 is 17.3 Å². The van der Waals surface area contributed by atoms with E-state index < -0.39 is 0 Å². The molecule has 0 radical (unpaired) electrons.